The zero-order valence-corrected chi connectivity index (χ0v) is 6.39. The summed E-state index contributed by atoms with van der Waals surface area (Å²) in [5.41, 5.74) is 1.78. The van der Waals surface area contributed by atoms with E-state index in [1.807, 2.05) is 6.92 Å². The molecule has 0 saturated heterocycles. The lowest BCUT2D eigenvalue weighted by molar-refractivity contribution is 1.09. The summed E-state index contributed by atoms with van der Waals surface area (Å²) in [7, 11) is 0. The van der Waals surface area contributed by atoms with Crippen molar-refractivity contribution in [1.82, 2.24) is 9.97 Å². The highest BCUT2D eigenvalue weighted by Gasteiger charge is 1.95. The Morgan fingerprint density at radius 2 is 2.40 bits per heavy atom. The van der Waals surface area contributed by atoms with E-state index in [9.17, 15) is 0 Å². The van der Waals surface area contributed by atoms with E-state index in [2.05, 4.69) is 16.5 Å². The van der Waals surface area contributed by atoms with E-state index >= 15 is 0 Å². The molecule has 1 rings (SSSR count). The molecule has 1 heterocycles. The van der Waals surface area contributed by atoms with Crippen LogP contribution in [0, 0.1) is 6.92 Å². The van der Waals surface area contributed by atoms with Crippen molar-refractivity contribution in [3.8, 4) is 0 Å². The summed E-state index contributed by atoms with van der Waals surface area (Å²) in [6.07, 6.45) is 3.35. The first-order chi connectivity index (χ1) is 4.74. The van der Waals surface area contributed by atoms with Crippen LogP contribution in [0.1, 0.15) is 11.3 Å². The molecule has 0 aliphatic heterocycles. The summed E-state index contributed by atoms with van der Waals surface area (Å²) in [4.78, 5) is 7.72. The maximum Gasteiger partial charge on any atom is 0.222 e. The van der Waals surface area contributed by atoms with Crippen LogP contribution in [0.2, 0.25) is 5.28 Å². The predicted molar refractivity (Wildman–Crippen MR) is 41.9 cm³/mol. The second-order valence-electron chi connectivity index (χ2n) is 1.88. The zero-order valence-electron chi connectivity index (χ0n) is 5.63. The fourth-order valence-electron chi connectivity index (χ4n) is 0.648. The lowest BCUT2D eigenvalue weighted by Gasteiger charge is -1.96. The number of hydrogen-bond acceptors (Lipinski definition) is 2. The summed E-state index contributed by atoms with van der Waals surface area (Å²) in [6, 6.07) is 0. The van der Waals surface area contributed by atoms with Crippen molar-refractivity contribution in [2.45, 2.75) is 6.92 Å². The largest absolute Gasteiger partial charge is 0.226 e. The smallest absolute Gasteiger partial charge is 0.222 e. The fraction of sp³-hybridized carbons (Fsp3) is 0.143. The average Bonchev–Trinajstić information content (AvgIpc) is 1.88. The van der Waals surface area contributed by atoms with Gasteiger partial charge >= 0.3 is 0 Å². The molecule has 52 valence electrons. The summed E-state index contributed by atoms with van der Waals surface area (Å²) in [6.45, 7) is 5.46. The molecule has 0 saturated carbocycles. The van der Waals surface area contributed by atoms with Gasteiger partial charge in [-0.15, -0.1) is 0 Å². The molecule has 3 heteroatoms. The third-order valence-corrected chi connectivity index (χ3v) is 1.39. The normalized spacial score (nSPS) is 9.40. The molecule has 0 spiro atoms. The maximum absolute atomic E-state index is 5.52. The second kappa shape index (κ2) is 2.80. The van der Waals surface area contributed by atoms with Crippen LogP contribution in [0.3, 0.4) is 0 Å². The third-order valence-electron chi connectivity index (χ3n) is 1.21. The quantitative estimate of drug-likeness (QED) is 0.579. The van der Waals surface area contributed by atoms with Crippen LogP contribution in [0.5, 0.6) is 0 Å². The van der Waals surface area contributed by atoms with E-state index in [0.29, 0.717) is 0 Å². The van der Waals surface area contributed by atoms with Gasteiger partial charge in [0.05, 0.1) is 0 Å². The van der Waals surface area contributed by atoms with Crippen LogP contribution in [0.15, 0.2) is 12.8 Å². The van der Waals surface area contributed by atoms with Gasteiger partial charge in [0.2, 0.25) is 5.28 Å². The molecule has 0 aliphatic carbocycles. The van der Waals surface area contributed by atoms with Crippen molar-refractivity contribution in [3.63, 3.8) is 0 Å². The van der Waals surface area contributed by atoms with Crippen LogP contribution in [0.4, 0.5) is 0 Å². The molecule has 0 atom stereocenters. The number of halogens is 1. The van der Waals surface area contributed by atoms with Crippen molar-refractivity contribution < 1.29 is 0 Å². The van der Waals surface area contributed by atoms with Gasteiger partial charge in [0.25, 0.3) is 0 Å². The fourth-order valence-corrected chi connectivity index (χ4v) is 0.824. The van der Waals surface area contributed by atoms with Crippen LogP contribution in [0.25, 0.3) is 6.08 Å². The number of aryl methyl sites for hydroxylation is 1. The molecule has 0 aromatic carbocycles. The van der Waals surface area contributed by atoms with Crippen LogP contribution in [-0.2, 0) is 0 Å². The van der Waals surface area contributed by atoms with E-state index in [1.165, 1.54) is 0 Å². The van der Waals surface area contributed by atoms with E-state index in [1.54, 1.807) is 12.3 Å². The number of aromatic nitrogens is 2. The first-order valence-corrected chi connectivity index (χ1v) is 3.23. The molecule has 10 heavy (non-hydrogen) atoms. The molecule has 0 radical (unpaired) electrons. The van der Waals surface area contributed by atoms with Gasteiger partial charge in [-0.05, 0) is 18.5 Å². The minimum absolute atomic E-state index is 0.281. The van der Waals surface area contributed by atoms with Crippen molar-refractivity contribution in [1.29, 1.82) is 0 Å². The van der Waals surface area contributed by atoms with Crippen LogP contribution >= 0.6 is 11.6 Å². The molecular weight excluding hydrogens is 148 g/mol. The van der Waals surface area contributed by atoms with Crippen molar-refractivity contribution in [2.75, 3.05) is 0 Å². The molecule has 2 nitrogen and oxygen atoms in total. The van der Waals surface area contributed by atoms with Gasteiger partial charge in [-0.25, -0.2) is 9.97 Å². The van der Waals surface area contributed by atoms with Gasteiger partial charge < -0.3 is 0 Å². The monoisotopic (exact) mass is 154 g/mol. The van der Waals surface area contributed by atoms with Crippen molar-refractivity contribution in [3.05, 3.63) is 29.3 Å². The first-order valence-electron chi connectivity index (χ1n) is 2.85. The minimum atomic E-state index is 0.281. The standard InChI is InChI=1S/C7H7ClN2/c1-3-6-4-9-7(8)10-5(6)2/h3-4H,1H2,2H3. The lowest BCUT2D eigenvalue weighted by Crippen LogP contribution is -1.88. The molecule has 1 aromatic heterocycles. The van der Waals surface area contributed by atoms with Gasteiger partial charge in [-0.2, -0.15) is 0 Å². The Morgan fingerprint density at radius 3 is 2.90 bits per heavy atom. The summed E-state index contributed by atoms with van der Waals surface area (Å²) in [5.74, 6) is 0. The SMILES string of the molecule is C=Cc1cnc(Cl)nc1C. The summed E-state index contributed by atoms with van der Waals surface area (Å²) >= 11 is 5.52. The molecular formula is C7H7ClN2. The van der Waals surface area contributed by atoms with Gasteiger partial charge in [-0.1, -0.05) is 12.7 Å². The molecule has 0 unspecified atom stereocenters. The average molecular weight is 155 g/mol. The van der Waals surface area contributed by atoms with E-state index in [4.69, 9.17) is 11.6 Å². The highest BCUT2D eigenvalue weighted by molar-refractivity contribution is 6.28. The Kier molecular flexibility index (Phi) is 2.02. The zero-order chi connectivity index (χ0) is 7.56. The summed E-state index contributed by atoms with van der Waals surface area (Å²) < 4.78 is 0. The predicted octanol–water partition coefficient (Wildman–Crippen LogP) is 2.08. The minimum Gasteiger partial charge on any atom is -0.226 e. The first kappa shape index (κ1) is 7.22. The molecule has 1 aromatic rings. The van der Waals surface area contributed by atoms with Crippen molar-refractivity contribution >= 4 is 17.7 Å². The molecule has 0 aliphatic rings. The van der Waals surface area contributed by atoms with E-state index in [-0.39, 0.29) is 5.28 Å². The Morgan fingerprint density at radius 1 is 1.70 bits per heavy atom. The maximum atomic E-state index is 5.52. The van der Waals surface area contributed by atoms with Gasteiger partial charge in [0, 0.05) is 17.5 Å². The van der Waals surface area contributed by atoms with Gasteiger partial charge in [-0.3, -0.25) is 0 Å². The third kappa shape index (κ3) is 1.33. The Bertz CT molecular complexity index is 258. The Balaban J connectivity index is 3.19. The Labute approximate surface area is 64.6 Å². The molecule has 0 N–H and O–H groups in total. The molecule has 0 bridgehead atoms. The summed E-state index contributed by atoms with van der Waals surface area (Å²) in [5, 5.41) is 0.281. The second-order valence-corrected chi connectivity index (χ2v) is 2.22. The number of hydrogen-bond donors (Lipinski definition) is 0. The number of rotatable bonds is 1. The van der Waals surface area contributed by atoms with E-state index < -0.39 is 0 Å². The van der Waals surface area contributed by atoms with Crippen molar-refractivity contribution in [2.24, 2.45) is 0 Å². The molecule has 0 fully saturated rings. The Hall–Kier alpha value is -0.890. The van der Waals surface area contributed by atoms with E-state index in [0.717, 1.165) is 11.3 Å². The molecule has 0 amide bonds. The lowest BCUT2D eigenvalue weighted by atomic mass is 10.2. The van der Waals surface area contributed by atoms with Crippen LogP contribution in [-0.4, -0.2) is 9.97 Å². The highest BCUT2D eigenvalue weighted by atomic mass is 35.5. The number of nitrogens with zero attached hydrogens (tertiary/aromatic N) is 2. The van der Waals surface area contributed by atoms with Gasteiger partial charge in [0.15, 0.2) is 0 Å². The topological polar surface area (TPSA) is 25.8 Å². The van der Waals surface area contributed by atoms with Crippen LogP contribution < -0.4 is 0 Å². The highest BCUT2D eigenvalue weighted by Crippen LogP contribution is 2.07. The van der Waals surface area contributed by atoms with Gasteiger partial charge in [0.1, 0.15) is 0 Å².